The third-order valence-corrected chi connectivity index (χ3v) is 4.27. The Morgan fingerprint density at radius 1 is 1.25 bits per heavy atom. The Morgan fingerprint density at radius 2 is 1.90 bits per heavy atom. The molecule has 0 radical (unpaired) electrons. The third-order valence-electron chi connectivity index (χ3n) is 4.27. The molecule has 0 bridgehead atoms. The fourth-order valence-corrected chi connectivity index (χ4v) is 2.53. The smallest absolute Gasteiger partial charge is 0.223 e. The van der Waals surface area contributed by atoms with Crippen LogP contribution in [0.5, 0.6) is 0 Å². The first-order chi connectivity index (χ1) is 9.57. The lowest BCUT2D eigenvalue weighted by atomic mass is 9.95. The number of benzene rings is 1. The van der Waals surface area contributed by atoms with Crippen molar-refractivity contribution in [3.63, 3.8) is 0 Å². The van der Waals surface area contributed by atoms with E-state index in [1.807, 2.05) is 25.1 Å². The van der Waals surface area contributed by atoms with Crippen LogP contribution in [0, 0.1) is 5.92 Å². The molecule has 3 nitrogen and oxygen atoms in total. The molecule has 2 rings (SSSR count). The molecule has 0 saturated heterocycles. The number of hydrogen-bond donors (Lipinski definition) is 1. The van der Waals surface area contributed by atoms with Crippen LogP contribution in [0.3, 0.4) is 0 Å². The van der Waals surface area contributed by atoms with Gasteiger partial charge in [0.05, 0.1) is 5.54 Å². The molecule has 1 atom stereocenters. The van der Waals surface area contributed by atoms with Crippen molar-refractivity contribution in [3.05, 3.63) is 35.9 Å². The first kappa shape index (κ1) is 14.8. The van der Waals surface area contributed by atoms with E-state index in [0.29, 0.717) is 0 Å². The van der Waals surface area contributed by atoms with Gasteiger partial charge >= 0.3 is 0 Å². The van der Waals surface area contributed by atoms with Crippen LogP contribution >= 0.6 is 0 Å². The van der Waals surface area contributed by atoms with E-state index >= 15 is 0 Å². The van der Waals surface area contributed by atoms with Crippen LogP contribution in [0.1, 0.15) is 45.1 Å². The van der Waals surface area contributed by atoms with Gasteiger partial charge in [-0.25, -0.2) is 0 Å². The molecule has 1 amide bonds. The number of carbonyl (C=O) groups is 2. The zero-order valence-electron chi connectivity index (χ0n) is 12.3. The molecule has 0 heterocycles. The summed E-state index contributed by atoms with van der Waals surface area (Å²) in [6, 6.07) is 10.2. The molecule has 0 unspecified atom stereocenters. The maximum atomic E-state index is 12.3. The van der Waals surface area contributed by atoms with Gasteiger partial charge in [0.25, 0.3) is 0 Å². The molecule has 1 N–H and O–H groups in total. The highest BCUT2D eigenvalue weighted by Crippen LogP contribution is 2.36. The second-order valence-corrected chi connectivity index (χ2v) is 5.76. The van der Waals surface area contributed by atoms with Crippen molar-refractivity contribution in [2.75, 3.05) is 0 Å². The summed E-state index contributed by atoms with van der Waals surface area (Å²) in [7, 11) is 0. The van der Waals surface area contributed by atoms with E-state index in [-0.39, 0.29) is 17.6 Å². The zero-order chi connectivity index (χ0) is 14.6. The van der Waals surface area contributed by atoms with E-state index in [4.69, 9.17) is 0 Å². The van der Waals surface area contributed by atoms with Gasteiger partial charge < -0.3 is 5.32 Å². The first-order valence-corrected chi connectivity index (χ1v) is 7.44. The number of amides is 1. The largest absolute Gasteiger partial charge is 0.343 e. The van der Waals surface area contributed by atoms with Crippen LogP contribution in [0.15, 0.2) is 30.3 Å². The lowest BCUT2D eigenvalue weighted by Crippen LogP contribution is -2.44. The molecular formula is C17H23NO2. The van der Waals surface area contributed by atoms with E-state index in [0.717, 1.165) is 32.1 Å². The molecule has 1 fully saturated rings. The van der Waals surface area contributed by atoms with Gasteiger partial charge in [0.1, 0.15) is 0 Å². The molecule has 0 aliphatic heterocycles. The van der Waals surface area contributed by atoms with Crippen LogP contribution in [0.4, 0.5) is 0 Å². The average Bonchev–Trinajstić information content (AvgIpc) is 3.21. The predicted molar refractivity (Wildman–Crippen MR) is 79.3 cm³/mol. The number of carbonyl (C=O) groups excluding carboxylic acids is 2. The fourth-order valence-electron chi connectivity index (χ4n) is 2.53. The summed E-state index contributed by atoms with van der Waals surface area (Å²) in [5, 5.41) is 2.97. The SMILES string of the molecule is CC[C@H](CCc1ccccc1)C(=O)NC1(C(C)=O)CC1. The predicted octanol–water partition coefficient (Wildman–Crippen LogP) is 2.88. The summed E-state index contributed by atoms with van der Waals surface area (Å²) in [5.74, 6) is 0.118. The highest BCUT2D eigenvalue weighted by Gasteiger charge is 2.49. The molecule has 108 valence electrons. The van der Waals surface area contributed by atoms with Gasteiger partial charge in [0.2, 0.25) is 5.91 Å². The molecule has 0 aromatic heterocycles. The van der Waals surface area contributed by atoms with Crippen LogP contribution in [-0.4, -0.2) is 17.2 Å². The normalized spacial score (nSPS) is 17.3. The van der Waals surface area contributed by atoms with E-state index in [1.54, 1.807) is 6.92 Å². The summed E-state index contributed by atoms with van der Waals surface area (Å²) in [6.45, 7) is 3.60. The molecule has 1 aliphatic rings. The summed E-state index contributed by atoms with van der Waals surface area (Å²) in [5.41, 5.74) is 0.725. The molecule has 0 spiro atoms. The van der Waals surface area contributed by atoms with E-state index in [9.17, 15) is 9.59 Å². The molecule has 1 aromatic rings. The minimum atomic E-state index is -0.531. The molecular weight excluding hydrogens is 250 g/mol. The molecule has 1 saturated carbocycles. The molecule has 20 heavy (non-hydrogen) atoms. The molecule has 1 aliphatic carbocycles. The van der Waals surface area contributed by atoms with Gasteiger partial charge in [-0.05, 0) is 44.6 Å². The Labute approximate surface area is 120 Å². The van der Waals surface area contributed by atoms with Crippen LogP contribution in [0.2, 0.25) is 0 Å². The quantitative estimate of drug-likeness (QED) is 0.830. The van der Waals surface area contributed by atoms with Gasteiger partial charge in [-0.2, -0.15) is 0 Å². The van der Waals surface area contributed by atoms with E-state index in [1.165, 1.54) is 5.56 Å². The minimum absolute atomic E-state index is 0.00738. The van der Waals surface area contributed by atoms with Crippen LogP contribution in [0.25, 0.3) is 0 Å². The van der Waals surface area contributed by atoms with Gasteiger partial charge in [0.15, 0.2) is 5.78 Å². The Morgan fingerprint density at radius 3 is 2.40 bits per heavy atom. The molecule has 1 aromatic carbocycles. The van der Waals surface area contributed by atoms with Gasteiger partial charge in [-0.3, -0.25) is 9.59 Å². The summed E-state index contributed by atoms with van der Waals surface area (Å²) < 4.78 is 0. The third kappa shape index (κ3) is 3.47. The topological polar surface area (TPSA) is 46.2 Å². The van der Waals surface area contributed by atoms with E-state index < -0.39 is 5.54 Å². The molecule has 3 heteroatoms. The zero-order valence-corrected chi connectivity index (χ0v) is 12.3. The van der Waals surface area contributed by atoms with Crippen molar-refractivity contribution in [2.24, 2.45) is 5.92 Å². The average molecular weight is 273 g/mol. The number of aryl methyl sites for hydroxylation is 1. The number of rotatable bonds is 7. The monoisotopic (exact) mass is 273 g/mol. The maximum absolute atomic E-state index is 12.3. The minimum Gasteiger partial charge on any atom is -0.343 e. The van der Waals surface area contributed by atoms with Crippen LogP contribution in [-0.2, 0) is 16.0 Å². The number of nitrogens with one attached hydrogen (secondary N) is 1. The van der Waals surface area contributed by atoms with Gasteiger partial charge in [0, 0.05) is 5.92 Å². The Kier molecular flexibility index (Phi) is 4.58. The lowest BCUT2D eigenvalue weighted by Gasteiger charge is -2.19. The Balaban J connectivity index is 1.88. The van der Waals surface area contributed by atoms with Crippen molar-refractivity contribution in [3.8, 4) is 0 Å². The highest BCUT2D eigenvalue weighted by molar-refractivity contribution is 5.94. The first-order valence-electron chi connectivity index (χ1n) is 7.44. The summed E-state index contributed by atoms with van der Waals surface area (Å²) >= 11 is 0. The summed E-state index contributed by atoms with van der Waals surface area (Å²) in [4.78, 5) is 23.8. The van der Waals surface area contributed by atoms with Gasteiger partial charge in [-0.1, -0.05) is 37.3 Å². The lowest BCUT2D eigenvalue weighted by molar-refractivity contribution is -0.130. The van der Waals surface area contributed by atoms with Crippen molar-refractivity contribution in [1.29, 1.82) is 0 Å². The fraction of sp³-hybridized carbons (Fsp3) is 0.529. The number of Topliss-reactive ketones (excluding diaryl/α,β-unsaturated/α-hetero) is 1. The Bertz CT molecular complexity index is 477. The highest BCUT2D eigenvalue weighted by atomic mass is 16.2. The standard InChI is InChI=1S/C17H23NO2/c1-3-15(10-9-14-7-5-4-6-8-14)16(20)18-17(11-12-17)13(2)19/h4-8,15H,3,9-12H2,1-2H3,(H,18,20)/t15-/m1/s1. The second-order valence-electron chi connectivity index (χ2n) is 5.76. The Hall–Kier alpha value is -1.64. The number of hydrogen-bond acceptors (Lipinski definition) is 2. The van der Waals surface area contributed by atoms with Crippen molar-refractivity contribution < 1.29 is 9.59 Å². The number of ketones is 1. The van der Waals surface area contributed by atoms with E-state index in [2.05, 4.69) is 17.4 Å². The van der Waals surface area contributed by atoms with Crippen molar-refractivity contribution in [2.45, 2.75) is 51.5 Å². The summed E-state index contributed by atoms with van der Waals surface area (Å²) in [6.07, 6.45) is 4.14. The van der Waals surface area contributed by atoms with Crippen LogP contribution < -0.4 is 5.32 Å². The van der Waals surface area contributed by atoms with Crippen molar-refractivity contribution >= 4 is 11.7 Å². The van der Waals surface area contributed by atoms with Gasteiger partial charge in [-0.15, -0.1) is 0 Å². The maximum Gasteiger partial charge on any atom is 0.223 e. The van der Waals surface area contributed by atoms with Crippen molar-refractivity contribution in [1.82, 2.24) is 5.32 Å². The second kappa shape index (κ2) is 6.21.